The summed E-state index contributed by atoms with van der Waals surface area (Å²) in [6.07, 6.45) is 3.62. The Bertz CT molecular complexity index is 968. The predicted molar refractivity (Wildman–Crippen MR) is 102 cm³/mol. The summed E-state index contributed by atoms with van der Waals surface area (Å²) in [7, 11) is 0. The lowest BCUT2D eigenvalue weighted by molar-refractivity contribution is -0.140. The number of aryl methyl sites for hydroxylation is 1. The number of carbonyl (C=O) groups excluding carboxylic acids is 3. The van der Waals surface area contributed by atoms with Crippen LogP contribution >= 0.6 is 0 Å². The standard InChI is InChI=1S/C22H23FN2O3/c1-14-11-18(15(2)25(14)17-7-5-16(23)6-8-17)19(26)13-24-20(27)12-22(21(24)28)9-3-4-10-22/h5-8,11H,3-4,9-10,12-13H2,1-2H3. The van der Waals surface area contributed by atoms with Crippen molar-refractivity contribution in [3.63, 3.8) is 0 Å². The largest absolute Gasteiger partial charge is 0.318 e. The third-order valence-electron chi connectivity index (χ3n) is 6.17. The molecule has 2 aromatic rings. The number of nitrogens with zero attached hydrogens (tertiary/aromatic N) is 2. The van der Waals surface area contributed by atoms with Crippen molar-refractivity contribution in [1.29, 1.82) is 0 Å². The number of likely N-dealkylation sites (tertiary alicyclic amines) is 1. The Hall–Kier alpha value is -2.76. The average Bonchev–Trinajstić information content (AvgIpc) is 3.30. The molecule has 6 heteroatoms. The molecule has 1 spiro atoms. The van der Waals surface area contributed by atoms with Gasteiger partial charge in [-0.25, -0.2) is 4.39 Å². The highest BCUT2D eigenvalue weighted by atomic mass is 19.1. The van der Waals surface area contributed by atoms with Crippen LogP contribution in [-0.2, 0) is 9.59 Å². The van der Waals surface area contributed by atoms with Crippen LogP contribution in [0.5, 0.6) is 0 Å². The number of rotatable bonds is 4. The molecule has 2 aliphatic rings. The van der Waals surface area contributed by atoms with E-state index in [0.717, 1.165) is 42.0 Å². The minimum Gasteiger partial charge on any atom is -0.318 e. The summed E-state index contributed by atoms with van der Waals surface area (Å²) in [4.78, 5) is 39.4. The Labute approximate surface area is 163 Å². The maximum atomic E-state index is 13.2. The number of Topliss-reactive ketones (excluding diaryl/α,β-unsaturated/α-hetero) is 1. The number of imide groups is 1. The molecule has 2 amide bonds. The van der Waals surface area contributed by atoms with E-state index in [4.69, 9.17) is 0 Å². The zero-order valence-electron chi connectivity index (χ0n) is 16.1. The Balaban J connectivity index is 1.59. The molecule has 2 heterocycles. The van der Waals surface area contributed by atoms with Gasteiger partial charge in [0.25, 0.3) is 0 Å². The second-order valence-electron chi connectivity index (χ2n) is 7.97. The van der Waals surface area contributed by atoms with E-state index in [0.29, 0.717) is 11.3 Å². The van der Waals surface area contributed by atoms with Crippen LogP contribution in [0.15, 0.2) is 30.3 Å². The maximum Gasteiger partial charge on any atom is 0.236 e. The van der Waals surface area contributed by atoms with Gasteiger partial charge in [0.05, 0.1) is 12.0 Å². The van der Waals surface area contributed by atoms with Gasteiger partial charge in [0, 0.05) is 29.1 Å². The quantitative estimate of drug-likeness (QED) is 0.598. The molecule has 28 heavy (non-hydrogen) atoms. The number of carbonyl (C=O) groups is 3. The summed E-state index contributed by atoms with van der Waals surface area (Å²) in [6, 6.07) is 7.82. The van der Waals surface area contributed by atoms with Crippen molar-refractivity contribution in [3.05, 3.63) is 53.1 Å². The van der Waals surface area contributed by atoms with Gasteiger partial charge in [0.1, 0.15) is 5.82 Å². The number of hydrogen-bond donors (Lipinski definition) is 0. The first-order valence-corrected chi connectivity index (χ1v) is 9.65. The van der Waals surface area contributed by atoms with Crippen molar-refractivity contribution >= 4 is 17.6 Å². The zero-order valence-corrected chi connectivity index (χ0v) is 16.1. The second-order valence-corrected chi connectivity index (χ2v) is 7.97. The van der Waals surface area contributed by atoms with Gasteiger partial charge in [-0.3, -0.25) is 19.3 Å². The molecule has 0 atom stereocenters. The van der Waals surface area contributed by atoms with Crippen molar-refractivity contribution in [2.24, 2.45) is 5.41 Å². The van der Waals surface area contributed by atoms with Gasteiger partial charge >= 0.3 is 0 Å². The van der Waals surface area contributed by atoms with Crippen LogP contribution in [0.3, 0.4) is 0 Å². The van der Waals surface area contributed by atoms with Crippen LogP contribution in [0.25, 0.3) is 5.69 Å². The van der Waals surface area contributed by atoms with Crippen molar-refractivity contribution < 1.29 is 18.8 Å². The monoisotopic (exact) mass is 382 g/mol. The topological polar surface area (TPSA) is 59.4 Å². The van der Waals surface area contributed by atoms with E-state index in [9.17, 15) is 18.8 Å². The van der Waals surface area contributed by atoms with E-state index in [-0.39, 0.29) is 36.4 Å². The molecule has 0 bridgehead atoms. The smallest absolute Gasteiger partial charge is 0.236 e. The molecular weight excluding hydrogens is 359 g/mol. The van der Waals surface area contributed by atoms with Crippen molar-refractivity contribution in [3.8, 4) is 5.69 Å². The molecule has 0 unspecified atom stereocenters. The Morgan fingerprint density at radius 2 is 1.75 bits per heavy atom. The molecule has 1 aromatic heterocycles. The van der Waals surface area contributed by atoms with Gasteiger partial charge in [-0.1, -0.05) is 12.8 Å². The van der Waals surface area contributed by atoms with Gasteiger partial charge in [-0.05, 0) is 57.0 Å². The van der Waals surface area contributed by atoms with Crippen molar-refractivity contribution in [1.82, 2.24) is 9.47 Å². The van der Waals surface area contributed by atoms with E-state index < -0.39 is 5.41 Å². The van der Waals surface area contributed by atoms with E-state index in [1.54, 1.807) is 18.2 Å². The molecule has 1 saturated heterocycles. The van der Waals surface area contributed by atoms with Crippen LogP contribution in [0.1, 0.15) is 53.8 Å². The first-order chi connectivity index (χ1) is 13.3. The van der Waals surface area contributed by atoms with E-state index in [1.165, 1.54) is 12.1 Å². The van der Waals surface area contributed by atoms with Crippen LogP contribution in [0.4, 0.5) is 4.39 Å². The zero-order chi connectivity index (χ0) is 20.1. The second kappa shape index (κ2) is 6.69. The van der Waals surface area contributed by atoms with Gasteiger partial charge in [-0.15, -0.1) is 0 Å². The van der Waals surface area contributed by atoms with Crippen molar-refractivity contribution in [2.45, 2.75) is 46.0 Å². The minimum atomic E-state index is -0.567. The highest BCUT2D eigenvalue weighted by Gasteiger charge is 2.52. The molecule has 1 aliphatic heterocycles. The first-order valence-electron chi connectivity index (χ1n) is 9.65. The lowest BCUT2D eigenvalue weighted by atomic mass is 9.84. The Morgan fingerprint density at radius 1 is 1.11 bits per heavy atom. The van der Waals surface area contributed by atoms with Crippen LogP contribution in [0, 0.1) is 25.1 Å². The molecule has 0 radical (unpaired) electrons. The van der Waals surface area contributed by atoms with E-state index >= 15 is 0 Å². The third kappa shape index (κ3) is 2.87. The molecule has 146 valence electrons. The lowest BCUT2D eigenvalue weighted by Gasteiger charge is -2.20. The van der Waals surface area contributed by atoms with Gasteiger partial charge < -0.3 is 4.57 Å². The summed E-state index contributed by atoms with van der Waals surface area (Å²) in [5.74, 6) is -1.00. The molecule has 5 nitrogen and oxygen atoms in total. The van der Waals surface area contributed by atoms with Gasteiger partial charge in [-0.2, -0.15) is 0 Å². The molecule has 0 N–H and O–H groups in total. The summed E-state index contributed by atoms with van der Waals surface area (Å²) >= 11 is 0. The summed E-state index contributed by atoms with van der Waals surface area (Å²) < 4.78 is 15.1. The highest BCUT2D eigenvalue weighted by Crippen LogP contribution is 2.46. The normalized spacial score (nSPS) is 18.5. The summed E-state index contributed by atoms with van der Waals surface area (Å²) in [5, 5.41) is 0. The number of hydrogen-bond acceptors (Lipinski definition) is 3. The first kappa shape index (κ1) is 18.6. The Morgan fingerprint density at radius 3 is 2.39 bits per heavy atom. The van der Waals surface area contributed by atoms with Crippen molar-refractivity contribution in [2.75, 3.05) is 6.54 Å². The molecule has 4 rings (SSSR count). The predicted octanol–water partition coefficient (Wildman–Crippen LogP) is 3.74. The molecular formula is C22H23FN2O3. The summed E-state index contributed by atoms with van der Waals surface area (Å²) in [6.45, 7) is 3.47. The summed E-state index contributed by atoms with van der Waals surface area (Å²) in [5.41, 5.74) is 2.22. The minimum absolute atomic E-state index is 0.185. The number of benzene rings is 1. The molecule has 1 aromatic carbocycles. The SMILES string of the molecule is Cc1cc(C(=O)CN2C(=O)CC3(CCCC3)C2=O)c(C)n1-c1ccc(F)cc1. The fraction of sp³-hybridized carbons (Fsp3) is 0.409. The Kier molecular flexibility index (Phi) is 4.44. The highest BCUT2D eigenvalue weighted by molar-refractivity contribution is 6.10. The lowest BCUT2D eigenvalue weighted by Crippen LogP contribution is -2.38. The van der Waals surface area contributed by atoms with E-state index in [1.807, 2.05) is 18.4 Å². The molecule has 1 saturated carbocycles. The number of aromatic nitrogens is 1. The van der Waals surface area contributed by atoms with Crippen LogP contribution in [-0.4, -0.2) is 33.6 Å². The van der Waals surface area contributed by atoms with Crippen LogP contribution < -0.4 is 0 Å². The third-order valence-corrected chi connectivity index (χ3v) is 6.17. The fourth-order valence-electron chi connectivity index (χ4n) is 4.72. The van der Waals surface area contributed by atoms with Crippen LogP contribution in [0.2, 0.25) is 0 Å². The van der Waals surface area contributed by atoms with E-state index in [2.05, 4.69) is 0 Å². The number of halogens is 1. The fourth-order valence-corrected chi connectivity index (χ4v) is 4.72. The molecule has 1 aliphatic carbocycles. The number of ketones is 1. The molecule has 2 fully saturated rings. The average molecular weight is 382 g/mol. The maximum absolute atomic E-state index is 13.2. The van der Waals surface area contributed by atoms with Gasteiger partial charge in [0.2, 0.25) is 11.8 Å². The number of amides is 2. The van der Waals surface area contributed by atoms with Gasteiger partial charge in [0.15, 0.2) is 5.78 Å².